The van der Waals surface area contributed by atoms with E-state index in [-0.39, 0.29) is 23.3 Å². The van der Waals surface area contributed by atoms with Crippen molar-refractivity contribution in [2.75, 3.05) is 13.1 Å². The van der Waals surface area contributed by atoms with E-state index in [1.165, 1.54) is 0 Å². The summed E-state index contributed by atoms with van der Waals surface area (Å²) in [7, 11) is 0. The molecule has 0 radical (unpaired) electrons. The SMILES string of the molecule is CC1(C)CCN(C(=O)[C@H]2CCC(=O)N2)C1. The summed E-state index contributed by atoms with van der Waals surface area (Å²) in [5.41, 5.74) is 0.234. The third kappa shape index (κ3) is 2.13. The van der Waals surface area contributed by atoms with Gasteiger partial charge in [0.05, 0.1) is 0 Å². The maximum absolute atomic E-state index is 12.0. The van der Waals surface area contributed by atoms with E-state index in [0.717, 1.165) is 19.5 Å². The maximum Gasteiger partial charge on any atom is 0.245 e. The first kappa shape index (κ1) is 10.5. The van der Waals surface area contributed by atoms with Gasteiger partial charge in [-0.3, -0.25) is 9.59 Å². The predicted molar refractivity (Wildman–Crippen MR) is 56.1 cm³/mol. The van der Waals surface area contributed by atoms with Crippen LogP contribution in [0.25, 0.3) is 0 Å². The molecule has 2 rings (SSSR count). The number of nitrogens with one attached hydrogen (secondary N) is 1. The fraction of sp³-hybridized carbons (Fsp3) is 0.818. The molecule has 2 saturated heterocycles. The number of rotatable bonds is 1. The van der Waals surface area contributed by atoms with E-state index in [9.17, 15) is 9.59 Å². The summed E-state index contributed by atoms with van der Waals surface area (Å²) in [5, 5.41) is 2.73. The zero-order valence-corrected chi connectivity index (χ0v) is 9.38. The Morgan fingerprint density at radius 3 is 2.73 bits per heavy atom. The molecule has 1 N–H and O–H groups in total. The van der Waals surface area contributed by atoms with Gasteiger partial charge in [-0.2, -0.15) is 0 Å². The van der Waals surface area contributed by atoms with Gasteiger partial charge < -0.3 is 10.2 Å². The summed E-state index contributed by atoms with van der Waals surface area (Å²) >= 11 is 0. The normalized spacial score (nSPS) is 29.3. The van der Waals surface area contributed by atoms with E-state index in [1.54, 1.807) is 0 Å². The number of carbonyl (C=O) groups excluding carboxylic acids is 2. The molecule has 0 unspecified atom stereocenters. The molecule has 0 aromatic heterocycles. The lowest BCUT2D eigenvalue weighted by molar-refractivity contribution is -0.133. The van der Waals surface area contributed by atoms with Crippen molar-refractivity contribution in [3.63, 3.8) is 0 Å². The first-order valence-electron chi connectivity index (χ1n) is 5.56. The van der Waals surface area contributed by atoms with Gasteiger partial charge in [0.1, 0.15) is 6.04 Å². The minimum atomic E-state index is -0.258. The summed E-state index contributed by atoms with van der Waals surface area (Å²) in [4.78, 5) is 24.9. The van der Waals surface area contributed by atoms with Crippen LogP contribution >= 0.6 is 0 Å². The second-order valence-corrected chi connectivity index (χ2v) is 5.33. The molecule has 0 spiro atoms. The standard InChI is InChI=1S/C11H18N2O2/c1-11(2)5-6-13(7-11)10(15)8-3-4-9(14)12-8/h8H,3-7H2,1-2H3,(H,12,14)/t8-/m1/s1. The molecular formula is C11H18N2O2. The highest BCUT2D eigenvalue weighted by Gasteiger charge is 2.37. The summed E-state index contributed by atoms with van der Waals surface area (Å²) < 4.78 is 0. The van der Waals surface area contributed by atoms with Crippen LogP contribution in [0.15, 0.2) is 0 Å². The molecule has 0 aliphatic carbocycles. The summed E-state index contributed by atoms with van der Waals surface area (Å²) in [6.07, 6.45) is 2.21. The third-order valence-electron chi connectivity index (χ3n) is 3.28. The number of nitrogens with zero attached hydrogens (tertiary/aromatic N) is 1. The van der Waals surface area contributed by atoms with Crippen molar-refractivity contribution in [2.24, 2.45) is 5.41 Å². The van der Waals surface area contributed by atoms with Gasteiger partial charge in [-0.25, -0.2) is 0 Å². The van der Waals surface area contributed by atoms with Gasteiger partial charge in [0, 0.05) is 19.5 Å². The zero-order valence-electron chi connectivity index (χ0n) is 9.38. The van der Waals surface area contributed by atoms with Crippen molar-refractivity contribution in [2.45, 2.75) is 39.2 Å². The van der Waals surface area contributed by atoms with Crippen LogP contribution in [-0.4, -0.2) is 35.8 Å². The van der Waals surface area contributed by atoms with Gasteiger partial charge in [-0.05, 0) is 18.3 Å². The van der Waals surface area contributed by atoms with Crippen LogP contribution in [0.4, 0.5) is 0 Å². The first-order chi connectivity index (χ1) is 6.98. The molecule has 0 saturated carbocycles. The van der Waals surface area contributed by atoms with Crippen molar-refractivity contribution < 1.29 is 9.59 Å². The van der Waals surface area contributed by atoms with E-state index >= 15 is 0 Å². The second kappa shape index (κ2) is 3.51. The van der Waals surface area contributed by atoms with Crippen LogP contribution in [0.3, 0.4) is 0 Å². The van der Waals surface area contributed by atoms with E-state index < -0.39 is 0 Å². The minimum absolute atomic E-state index is 0.00630. The van der Waals surface area contributed by atoms with E-state index in [4.69, 9.17) is 0 Å². The lowest BCUT2D eigenvalue weighted by Crippen LogP contribution is -2.43. The molecule has 84 valence electrons. The highest BCUT2D eigenvalue weighted by atomic mass is 16.2. The quantitative estimate of drug-likeness (QED) is 0.686. The molecule has 0 aromatic rings. The number of hydrogen-bond acceptors (Lipinski definition) is 2. The lowest BCUT2D eigenvalue weighted by Gasteiger charge is -2.22. The molecule has 4 heteroatoms. The van der Waals surface area contributed by atoms with Gasteiger partial charge in [0.2, 0.25) is 11.8 Å². The Labute approximate surface area is 90.0 Å². The molecule has 2 amide bonds. The highest BCUT2D eigenvalue weighted by Crippen LogP contribution is 2.29. The molecule has 2 fully saturated rings. The lowest BCUT2D eigenvalue weighted by atomic mass is 9.93. The van der Waals surface area contributed by atoms with Gasteiger partial charge in [-0.15, -0.1) is 0 Å². The monoisotopic (exact) mass is 210 g/mol. The van der Waals surface area contributed by atoms with E-state index in [0.29, 0.717) is 12.8 Å². The number of hydrogen-bond donors (Lipinski definition) is 1. The second-order valence-electron chi connectivity index (χ2n) is 5.33. The Morgan fingerprint density at radius 1 is 1.53 bits per heavy atom. The van der Waals surface area contributed by atoms with Crippen LogP contribution < -0.4 is 5.32 Å². The maximum atomic E-state index is 12.0. The molecule has 2 heterocycles. The number of likely N-dealkylation sites (tertiary alicyclic amines) is 1. The third-order valence-corrected chi connectivity index (χ3v) is 3.28. The molecular weight excluding hydrogens is 192 g/mol. The molecule has 4 nitrogen and oxygen atoms in total. The molecule has 1 atom stereocenters. The topological polar surface area (TPSA) is 49.4 Å². The number of carbonyl (C=O) groups is 2. The number of amides is 2. The molecule has 0 bridgehead atoms. The van der Waals surface area contributed by atoms with Crippen LogP contribution in [0, 0.1) is 5.41 Å². The van der Waals surface area contributed by atoms with Crippen LogP contribution in [0.1, 0.15) is 33.1 Å². The van der Waals surface area contributed by atoms with E-state index in [1.807, 2.05) is 4.90 Å². The minimum Gasteiger partial charge on any atom is -0.344 e. The van der Waals surface area contributed by atoms with Crippen LogP contribution in [-0.2, 0) is 9.59 Å². The van der Waals surface area contributed by atoms with Crippen molar-refractivity contribution in [3.05, 3.63) is 0 Å². The first-order valence-corrected chi connectivity index (χ1v) is 5.56. The summed E-state index contributed by atoms with van der Waals surface area (Å²) in [5.74, 6) is 0.109. The van der Waals surface area contributed by atoms with Crippen molar-refractivity contribution in [1.82, 2.24) is 10.2 Å². The highest BCUT2D eigenvalue weighted by molar-refractivity contribution is 5.90. The van der Waals surface area contributed by atoms with Crippen LogP contribution in [0.5, 0.6) is 0 Å². The Morgan fingerprint density at radius 2 is 2.27 bits per heavy atom. The largest absolute Gasteiger partial charge is 0.344 e. The van der Waals surface area contributed by atoms with Crippen molar-refractivity contribution in [1.29, 1.82) is 0 Å². The molecule has 15 heavy (non-hydrogen) atoms. The van der Waals surface area contributed by atoms with Crippen LogP contribution in [0.2, 0.25) is 0 Å². The predicted octanol–water partition coefficient (Wildman–Crippen LogP) is 0.523. The molecule has 2 aliphatic heterocycles. The van der Waals surface area contributed by atoms with Gasteiger partial charge >= 0.3 is 0 Å². The van der Waals surface area contributed by atoms with Gasteiger partial charge in [0.15, 0.2) is 0 Å². The van der Waals surface area contributed by atoms with Crippen molar-refractivity contribution >= 4 is 11.8 Å². The Kier molecular flexibility index (Phi) is 2.44. The smallest absolute Gasteiger partial charge is 0.245 e. The van der Waals surface area contributed by atoms with Crippen molar-refractivity contribution in [3.8, 4) is 0 Å². The van der Waals surface area contributed by atoms with E-state index in [2.05, 4.69) is 19.2 Å². The molecule has 0 aromatic carbocycles. The zero-order chi connectivity index (χ0) is 11.1. The fourth-order valence-corrected chi connectivity index (χ4v) is 2.32. The molecule has 2 aliphatic rings. The Hall–Kier alpha value is -1.06. The van der Waals surface area contributed by atoms with Gasteiger partial charge in [0.25, 0.3) is 0 Å². The Bertz CT molecular complexity index is 299. The Balaban J connectivity index is 1.95. The fourth-order valence-electron chi connectivity index (χ4n) is 2.32. The summed E-state index contributed by atoms with van der Waals surface area (Å²) in [6, 6.07) is -0.258. The summed E-state index contributed by atoms with van der Waals surface area (Å²) in [6.45, 7) is 6.00. The average Bonchev–Trinajstić information content (AvgIpc) is 2.71. The van der Waals surface area contributed by atoms with Gasteiger partial charge in [-0.1, -0.05) is 13.8 Å². The average molecular weight is 210 g/mol.